The van der Waals surface area contributed by atoms with Crippen molar-refractivity contribution in [1.82, 2.24) is 15.2 Å². The predicted octanol–water partition coefficient (Wildman–Crippen LogP) is 3.37. The van der Waals surface area contributed by atoms with E-state index in [2.05, 4.69) is 25.8 Å². The average Bonchev–Trinajstić information content (AvgIpc) is 2.49. The van der Waals surface area contributed by atoms with Gasteiger partial charge >= 0.3 is 0 Å². The fraction of sp³-hybridized carbons (Fsp3) is 0.308. The number of methoxy groups -OCH3 is 1. The molecule has 0 radical (unpaired) electrons. The highest BCUT2D eigenvalue weighted by molar-refractivity contribution is 6.43. The van der Waals surface area contributed by atoms with Gasteiger partial charge in [0.15, 0.2) is 5.82 Å². The molecule has 1 aromatic carbocycles. The van der Waals surface area contributed by atoms with Crippen LogP contribution in [0.2, 0.25) is 10.0 Å². The molecule has 0 spiro atoms. The average molecular weight is 328 g/mol. The molecule has 0 fully saturated rings. The van der Waals surface area contributed by atoms with Gasteiger partial charge in [0.25, 0.3) is 0 Å². The lowest BCUT2D eigenvalue weighted by atomic mass is 10.3. The SMILES string of the molecule is COCCCNc1cnnc(Nc2cccc(Cl)c2Cl)n1. The number of nitrogens with zero attached hydrogens (tertiary/aromatic N) is 3. The summed E-state index contributed by atoms with van der Waals surface area (Å²) < 4.78 is 4.98. The molecule has 0 unspecified atom stereocenters. The fourth-order valence-electron chi connectivity index (χ4n) is 1.60. The van der Waals surface area contributed by atoms with Crippen LogP contribution >= 0.6 is 23.2 Å². The smallest absolute Gasteiger partial charge is 0.249 e. The third-order valence-corrected chi connectivity index (χ3v) is 3.41. The maximum absolute atomic E-state index is 6.10. The molecule has 0 amide bonds. The summed E-state index contributed by atoms with van der Waals surface area (Å²) in [5.74, 6) is 0.970. The standard InChI is InChI=1S/C13H15Cl2N5O/c1-21-7-3-6-16-11-8-17-20-13(19-11)18-10-5-2-4-9(14)12(10)15/h2,4-5,8H,3,6-7H2,1H3,(H2,16,18,19,20). The molecule has 112 valence electrons. The second-order valence-corrected chi connectivity index (χ2v) is 4.95. The van der Waals surface area contributed by atoms with Crippen LogP contribution in [-0.2, 0) is 4.74 Å². The van der Waals surface area contributed by atoms with E-state index >= 15 is 0 Å². The van der Waals surface area contributed by atoms with Gasteiger partial charge in [-0.2, -0.15) is 10.1 Å². The lowest BCUT2D eigenvalue weighted by molar-refractivity contribution is 0.197. The molecule has 0 aliphatic rings. The van der Waals surface area contributed by atoms with E-state index < -0.39 is 0 Å². The second kappa shape index (κ2) is 7.97. The van der Waals surface area contributed by atoms with Crippen LogP contribution in [0.5, 0.6) is 0 Å². The molecule has 0 aliphatic heterocycles. The molecule has 0 atom stereocenters. The van der Waals surface area contributed by atoms with E-state index in [1.807, 2.05) is 0 Å². The zero-order valence-corrected chi connectivity index (χ0v) is 12.9. The van der Waals surface area contributed by atoms with Gasteiger partial charge in [0, 0.05) is 20.3 Å². The summed E-state index contributed by atoms with van der Waals surface area (Å²) in [6.45, 7) is 1.43. The topological polar surface area (TPSA) is 72.0 Å². The molecule has 1 aromatic heterocycles. The van der Waals surface area contributed by atoms with E-state index in [0.29, 0.717) is 34.1 Å². The zero-order chi connectivity index (χ0) is 15.1. The Morgan fingerprint density at radius 2 is 2.14 bits per heavy atom. The van der Waals surface area contributed by atoms with Crippen molar-refractivity contribution in [2.24, 2.45) is 0 Å². The fourth-order valence-corrected chi connectivity index (χ4v) is 1.94. The Bertz CT molecular complexity index is 597. The minimum atomic E-state index is 0.343. The molecule has 0 saturated carbocycles. The first-order valence-electron chi connectivity index (χ1n) is 6.34. The Morgan fingerprint density at radius 3 is 2.95 bits per heavy atom. The third kappa shape index (κ3) is 4.70. The normalized spacial score (nSPS) is 10.4. The van der Waals surface area contributed by atoms with Crippen molar-refractivity contribution >= 4 is 40.7 Å². The van der Waals surface area contributed by atoms with Gasteiger partial charge in [-0.25, -0.2) is 0 Å². The number of benzene rings is 1. The first kappa shape index (κ1) is 15.8. The Labute approximate surface area is 132 Å². The number of ether oxygens (including phenoxy) is 1. The van der Waals surface area contributed by atoms with Gasteiger partial charge in [-0.05, 0) is 18.6 Å². The van der Waals surface area contributed by atoms with E-state index in [-0.39, 0.29) is 0 Å². The van der Waals surface area contributed by atoms with Crippen molar-refractivity contribution in [2.75, 3.05) is 30.9 Å². The molecular weight excluding hydrogens is 313 g/mol. The molecule has 0 saturated heterocycles. The summed E-state index contributed by atoms with van der Waals surface area (Å²) in [6.07, 6.45) is 2.43. The first-order chi connectivity index (χ1) is 10.2. The summed E-state index contributed by atoms with van der Waals surface area (Å²) in [5, 5.41) is 14.8. The Kier molecular flexibility index (Phi) is 5.98. The van der Waals surface area contributed by atoms with Crippen molar-refractivity contribution in [3.63, 3.8) is 0 Å². The lowest BCUT2D eigenvalue weighted by Crippen LogP contribution is -2.08. The van der Waals surface area contributed by atoms with Gasteiger partial charge < -0.3 is 15.4 Å². The number of halogens is 2. The van der Waals surface area contributed by atoms with Crippen molar-refractivity contribution in [2.45, 2.75) is 6.42 Å². The van der Waals surface area contributed by atoms with Gasteiger partial charge in [0.1, 0.15) is 0 Å². The predicted molar refractivity (Wildman–Crippen MR) is 84.6 cm³/mol. The molecule has 2 aromatic rings. The van der Waals surface area contributed by atoms with Crippen molar-refractivity contribution < 1.29 is 4.74 Å². The van der Waals surface area contributed by atoms with Crippen LogP contribution in [-0.4, -0.2) is 35.4 Å². The number of nitrogens with one attached hydrogen (secondary N) is 2. The summed E-state index contributed by atoms with van der Waals surface area (Å²) in [6, 6.07) is 5.29. The van der Waals surface area contributed by atoms with Crippen LogP contribution in [0, 0.1) is 0 Å². The van der Waals surface area contributed by atoms with Gasteiger partial charge in [0.05, 0.1) is 21.9 Å². The summed E-state index contributed by atoms with van der Waals surface area (Å²) in [7, 11) is 1.67. The third-order valence-electron chi connectivity index (χ3n) is 2.59. The number of hydrogen-bond acceptors (Lipinski definition) is 6. The highest BCUT2D eigenvalue weighted by atomic mass is 35.5. The Hall–Kier alpha value is -1.63. The van der Waals surface area contributed by atoms with Gasteiger partial charge in [-0.3, -0.25) is 0 Å². The van der Waals surface area contributed by atoms with Gasteiger partial charge in [0.2, 0.25) is 5.95 Å². The van der Waals surface area contributed by atoms with Crippen molar-refractivity contribution in [1.29, 1.82) is 0 Å². The molecule has 6 nitrogen and oxygen atoms in total. The lowest BCUT2D eigenvalue weighted by Gasteiger charge is -2.09. The number of hydrogen-bond donors (Lipinski definition) is 2. The Balaban J connectivity index is 2.02. The van der Waals surface area contributed by atoms with Crippen LogP contribution in [0.3, 0.4) is 0 Å². The first-order valence-corrected chi connectivity index (χ1v) is 7.10. The zero-order valence-electron chi connectivity index (χ0n) is 11.4. The monoisotopic (exact) mass is 327 g/mol. The molecule has 21 heavy (non-hydrogen) atoms. The maximum Gasteiger partial charge on any atom is 0.249 e. The minimum absolute atomic E-state index is 0.343. The highest BCUT2D eigenvalue weighted by Gasteiger charge is 2.07. The van der Waals surface area contributed by atoms with Crippen LogP contribution in [0.15, 0.2) is 24.4 Å². The minimum Gasteiger partial charge on any atom is -0.385 e. The largest absolute Gasteiger partial charge is 0.385 e. The van der Waals surface area contributed by atoms with Gasteiger partial charge in [-0.15, -0.1) is 5.10 Å². The second-order valence-electron chi connectivity index (χ2n) is 4.16. The van der Waals surface area contributed by atoms with E-state index in [1.54, 1.807) is 31.5 Å². The van der Waals surface area contributed by atoms with Crippen molar-refractivity contribution in [3.05, 3.63) is 34.4 Å². The number of rotatable bonds is 7. The highest BCUT2D eigenvalue weighted by Crippen LogP contribution is 2.30. The van der Waals surface area contributed by atoms with Crippen LogP contribution in [0.1, 0.15) is 6.42 Å². The molecule has 2 rings (SSSR count). The van der Waals surface area contributed by atoms with Gasteiger partial charge in [-0.1, -0.05) is 29.3 Å². The molecule has 0 bridgehead atoms. The number of anilines is 3. The van der Waals surface area contributed by atoms with Crippen LogP contribution in [0.4, 0.5) is 17.5 Å². The Morgan fingerprint density at radius 1 is 1.29 bits per heavy atom. The molecule has 0 aliphatic carbocycles. The molecular formula is C13H15Cl2N5O. The van der Waals surface area contributed by atoms with Crippen LogP contribution < -0.4 is 10.6 Å². The molecule has 2 N–H and O–H groups in total. The summed E-state index contributed by atoms with van der Waals surface area (Å²) in [4.78, 5) is 4.30. The van der Waals surface area contributed by atoms with E-state index in [9.17, 15) is 0 Å². The van der Waals surface area contributed by atoms with Crippen molar-refractivity contribution in [3.8, 4) is 0 Å². The molecule has 8 heteroatoms. The quantitative estimate of drug-likeness (QED) is 0.759. The molecule has 1 heterocycles. The van der Waals surface area contributed by atoms with E-state index in [4.69, 9.17) is 27.9 Å². The van der Waals surface area contributed by atoms with E-state index in [1.165, 1.54) is 0 Å². The van der Waals surface area contributed by atoms with E-state index in [0.717, 1.165) is 13.0 Å². The summed E-state index contributed by atoms with van der Waals surface area (Å²) in [5.41, 5.74) is 0.627. The summed E-state index contributed by atoms with van der Waals surface area (Å²) >= 11 is 12.1. The number of aromatic nitrogens is 3. The maximum atomic E-state index is 6.10. The van der Waals surface area contributed by atoms with Crippen LogP contribution in [0.25, 0.3) is 0 Å².